The van der Waals surface area contributed by atoms with Crippen molar-refractivity contribution in [3.8, 4) is 11.5 Å². The number of hydrogen-bond acceptors (Lipinski definition) is 3. The van der Waals surface area contributed by atoms with Crippen LogP contribution < -0.4 is 4.74 Å². The van der Waals surface area contributed by atoms with Crippen LogP contribution in [0.5, 0.6) is 11.5 Å². The lowest BCUT2D eigenvalue weighted by atomic mass is 10.1. The molecule has 0 heterocycles. The second-order valence-electron chi connectivity index (χ2n) is 3.81. The second-order valence-corrected chi connectivity index (χ2v) is 4.31. The van der Waals surface area contributed by atoms with E-state index < -0.39 is 5.50 Å². The molecule has 2 aromatic rings. The molecule has 0 N–H and O–H groups in total. The molecule has 0 aliphatic carbocycles. The first kappa shape index (κ1) is 12.6. The maximum absolute atomic E-state index is 10.3. The summed E-state index contributed by atoms with van der Waals surface area (Å²) >= 11 is 5.69. The Morgan fingerprint density at radius 1 is 1.06 bits per heavy atom. The Morgan fingerprint density at radius 2 is 1.78 bits per heavy atom. The maximum Gasteiger partial charge on any atom is 0.169 e. The van der Waals surface area contributed by atoms with Gasteiger partial charge in [0.05, 0.1) is 0 Å². The fourth-order valence-corrected chi connectivity index (χ4v) is 1.77. The number of benzene rings is 2. The maximum atomic E-state index is 10.3. The molecule has 0 saturated heterocycles. The van der Waals surface area contributed by atoms with E-state index in [1.807, 2.05) is 54.6 Å². The number of nitrogens with zero attached hydrogens (tertiary/aromatic N) is 1. The molecule has 1 atom stereocenters. The Labute approximate surface area is 110 Å². The van der Waals surface area contributed by atoms with Crippen molar-refractivity contribution in [3.05, 3.63) is 65.1 Å². The molecule has 4 heteroatoms. The monoisotopic (exact) mass is 261 g/mol. The summed E-state index contributed by atoms with van der Waals surface area (Å²) < 4.78 is 5.68. The molecule has 92 valence electrons. The van der Waals surface area contributed by atoms with Crippen molar-refractivity contribution in [1.82, 2.24) is 0 Å². The van der Waals surface area contributed by atoms with Gasteiger partial charge in [-0.05, 0) is 35.0 Å². The molecular weight excluding hydrogens is 250 g/mol. The van der Waals surface area contributed by atoms with Gasteiger partial charge in [0.1, 0.15) is 11.5 Å². The highest BCUT2D eigenvalue weighted by Crippen LogP contribution is 2.22. The van der Waals surface area contributed by atoms with Crippen LogP contribution in [0.4, 0.5) is 0 Å². The van der Waals surface area contributed by atoms with Crippen LogP contribution in [0.15, 0.2) is 59.8 Å². The standard InChI is InChI=1S/C14H12ClNO2/c15-14(16-17)10-11-5-4-8-13(9-11)18-12-6-2-1-3-7-12/h1-9,14H,10H2. The third-order valence-electron chi connectivity index (χ3n) is 2.40. The summed E-state index contributed by atoms with van der Waals surface area (Å²) in [5.74, 6) is 1.49. The number of alkyl halides is 1. The second kappa shape index (κ2) is 6.17. The van der Waals surface area contributed by atoms with Crippen molar-refractivity contribution >= 4 is 11.6 Å². The summed E-state index contributed by atoms with van der Waals surface area (Å²) in [7, 11) is 0. The molecule has 3 nitrogen and oxygen atoms in total. The Bertz CT molecular complexity index is 516. The van der Waals surface area contributed by atoms with Gasteiger partial charge in [-0.1, -0.05) is 41.9 Å². The average molecular weight is 262 g/mol. The Kier molecular flexibility index (Phi) is 4.31. The van der Waals surface area contributed by atoms with Crippen LogP contribution >= 0.6 is 11.6 Å². The van der Waals surface area contributed by atoms with Crippen LogP contribution in [0.25, 0.3) is 0 Å². The molecule has 0 aromatic heterocycles. The number of nitroso groups, excluding NO2 is 1. The van der Waals surface area contributed by atoms with Crippen LogP contribution in [-0.4, -0.2) is 5.50 Å². The number of ether oxygens (including phenoxy) is 1. The van der Waals surface area contributed by atoms with E-state index in [1.54, 1.807) is 0 Å². The minimum absolute atomic E-state index is 0.400. The highest BCUT2D eigenvalue weighted by Gasteiger charge is 2.06. The molecule has 0 aliphatic heterocycles. The molecule has 18 heavy (non-hydrogen) atoms. The van der Waals surface area contributed by atoms with E-state index in [0.29, 0.717) is 12.2 Å². The van der Waals surface area contributed by atoms with Gasteiger partial charge < -0.3 is 4.74 Å². The summed E-state index contributed by atoms with van der Waals surface area (Å²) in [6.45, 7) is 0. The Balaban J connectivity index is 2.10. The molecule has 0 spiro atoms. The normalized spacial score (nSPS) is 11.8. The van der Waals surface area contributed by atoms with Gasteiger partial charge in [-0.25, -0.2) is 0 Å². The molecule has 1 unspecified atom stereocenters. The molecule has 2 rings (SSSR count). The summed E-state index contributed by atoms with van der Waals surface area (Å²) in [5.41, 5.74) is 0.181. The molecular formula is C14H12ClNO2. The number of halogens is 1. The molecule has 0 amide bonds. The summed E-state index contributed by atoms with van der Waals surface area (Å²) in [6.07, 6.45) is 0.400. The van der Waals surface area contributed by atoms with Crippen molar-refractivity contribution in [2.45, 2.75) is 11.9 Å². The van der Waals surface area contributed by atoms with Crippen LogP contribution in [0.1, 0.15) is 5.56 Å². The molecule has 0 bridgehead atoms. The van der Waals surface area contributed by atoms with Gasteiger partial charge in [-0.15, -0.1) is 4.91 Å². The predicted molar refractivity (Wildman–Crippen MR) is 72.1 cm³/mol. The molecule has 0 aliphatic rings. The number of hydrogen-bond donors (Lipinski definition) is 0. The topological polar surface area (TPSA) is 38.7 Å². The summed E-state index contributed by atoms with van der Waals surface area (Å²) in [6, 6.07) is 17.0. The zero-order valence-electron chi connectivity index (χ0n) is 9.62. The smallest absolute Gasteiger partial charge is 0.169 e. The first-order valence-electron chi connectivity index (χ1n) is 5.56. The van der Waals surface area contributed by atoms with Gasteiger partial charge in [0.2, 0.25) is 0 Å². The lowest BCUT2D eigenvalue weighted by Crippen LogP contribution is -1.98. The van der Waals surface area contributed by atoms with E-state index in [0.717, 1.165) is 11.3 Å². The van der Waals surface area contributed by atoms with E-state index >= 15 is 0 Å². The SMILES string of the molecule is O=NC(Cl)Cc1cccc(Oc2ccccc2)c1. The third kappa shape index (κ3) is 3.57. The van der Waals surface area contributed by atoms with E-state index in [2.05, 4.69) is 5.18 Å². The zero-order valence-corrected chi connectivity index (χ0v) is 10.4. The van der Waals surface area contributed by atoms with Gasteiger partial charge in [0.15, 0.2) is 5.50 Å². The van der Waals surface area contributed by atoms with Crippen LogP contribution in [0, 0.1) is 4.91 Å². The largest absolute Gasteiger partial charge is 0.457 e. The Morgan fingerprint density at radius 3 is 2.50 bits per heavy atom. The fraction of sp³-hybridized carbons (Fsp3) is 0.143. The zero-order chi connectivity index (χ0) is 12.8. The minimum Gasteiger partial charge on any atom is -0.457 e. The predicted octanol–water partition coefficient (Wildman–Crippen LogP) is 4.35. The number of rotatable bonds is 5. The highest BCUT2D eigenvalue weighted by atomic mass is 35.5. The van der Waals surface area contributed by atoms with Gasteiger partial charge in [0.25, 0.3) is 0 Å². The van der Waals surface area contributed by atoms with E-state index in [-0.39, 0.29) is 0 Å². The highest BCUT2D eigenvalue weighted by molar-refractivity contribution is 6.20. The molecule has 2 aromatic carbocycles. The van der Waals surface area contributed by atoms with Crippen molar-refractivity contribution < 1.29 is 4.74 Å². The van der Waals surface area contributed by atoms with Gasteiger partial charge in [-0.2, -0.15) is 0 Å². The van der Waals surface area contributed by atoms with Crippen LogP contribution in [-0.2, 0) is 6.42 Å². The van der Waals surface area contributed by atoms with E-state index in [9.17, 15) is 4.91 Å². The summed E-state index contributed by atoms with van der Waals surface area (Å²) in [5, 5.41) is 2.77. The quantitative estimate of drug-likeness (QED) is 0.456. The summed E-state index contributed by atoms with van der Waals surface area (Å²) in [4.78, 5) is 10.3. The first-order valence-corrected chi connectivity index (χ1v) is 6.00. The van der Waals surface area contributed by atoms with Crippen LogP contribution in [0.2, 0.25) is 0 Å². The van der Waals surface area contributed by atoms with Crippen molar-refractivity contribution in [1.29, 1.82) is 0 Å². The first-order chi connectivity index (χ1) is 8.78. The van der Waals surface area contributed by atoms with Crippen LogP contribution in [0.3, 0.4) is 0 Å². The van der Waals surface area contributed by atoms with E-state index in [4.69, 9.17) is 16.3 Å². The molecule has 0 radical (unpaired) electrons. The van der Waals surface area contributed by atoms with Crippen molar-refractivity contribution in [3.63, 3.8) is 0 Å². The van der Waals surface area contributed by atoms with Gasteiger partial charge in [0, 0.05) is 6.42 Å². The third-order valence-corrected chi connectivity index (χ3v) is 2.63. The van der Waals surface area contributed by atoms with Crippen molar-refractivity contribution in [2.24, 2.45) is 5.18 Å². The van der Waals surface area contributed by atoms with E-state index in [1.165, 1.54) is 0 Å². The molecule has 0 saturated carbocycles. The average Bonchev–Trinajstić information content (AvgIpc) is 2.40. The van der Waals surface area contributed by atoms with Gasteiger partial charge >= 0.3 is 0 Å². The lowest BCUT2D eigenvalue weighted by Gasteiger charge is -2.07. The Hall–Kier alpha value is -1.87. The molecule has 0 fully saturated rings. The lowest BCUT2D eigenvalue weighted by molar-refractivity contribution is 0.482. The van der Waals surface area contributed by atoms with Crippen molar-refractivity contribution in [2.75, 3.05) is 0 Å². The fourth-order valence-electron chi connectivity index (χ4n) is 1.59. The minimum atomic E-state index is -0.739. The number of para-hydroxylation sites is 1. The van der Waals surface area contributed by atoms with Gasteiger partial charge in [-0.3, -0.25) is 0 Å².